The third-order valence-electron chi connectivity index (χ3n) is 7.59. The molecule has 2 atom stereocenters. The van der Waals surface area contributed by atoms with Crippen molar-refractivity contribution in [1.29, 1.82) is 0 Å². The lowest BCUT2D eigenvalue weighted by Crippen LogP contribution is -2.33. The summed E-state index contributed by atoms with van der Waals surface area (Å²) in [6.45, 7) is 7.17. The highest BCUT2D eigenvalue weighted by Gasteiger charge is 2.62. The van der Waals surface area contributed by atoms with E-state index in [1.54, 1.807) is 18.2 Å². The number of fused-ring (bicyclic) bond motifs is 5. The Morgan fingerprint density at radius 3 is 2.61 bits per heavy atom. The molecule has 4 nitrogen and oxygen atoms in total. The van der Waals surface area contributed by atoms with E-state index < -0.39 is 5.97 Å². The fraction of sp³-hybridized carbons (Fsp3) is 0.360. The van der Waals surface area contributed by atoms with Crippen molar-refractivity contribution >= 4 is 29.2 Å². The molecule has 5 rings (SSSR count). The quantitative estimate of drug-likeness (QED) is 0.411. The number of para-hydroxylation sites is 1. The molecule has 0 spiro atoms. The monoisotopic (exact) mass is 454 g/mol. The van der Waals surface area contributed by atoms with Crippen LogP contribution in [0.2, 0.25) is 10.0 Å². The molecule has 3 aromatic rings. The zero-order valence-corrected chi connectivity index (χ0v) is 19.3. The molecule has 1 heterocycles. The van der Waals surface area contributed by atoms with E-state index in [0.29, 0.717) is 16.5 Å². The standard InChI is InChI=1S/C25H24Cl2N2O2/c1-24(2)18-11-12-25(24,3)22-21(18)20(28-29(22)16-7-5-4-6-8-16)14-31-23(30)17-10-9-15(26)13-19(17)27/h4-10,13,18H,11-12,14H2,1-3H3/t18-,25+/m1/s1. The van der Waals surface area contributed by atoms with Crippen LogP contribution in [-0.2, 0) is 16.8 Å². The van der Waals surface area contributed by atoms with Crippen molar-refractivity contribution in [2.75, 3.05) is 0 Å². The maximum Gasteiger partial charge on any atom is 0.340 e. The second-order valence-electron chi connectivity index (χ2n) is 9.30. The Hall–Kier alpha value is -2.30. The third kappa shape index (κ3) is 2.95. The molecule has 0 radical (unpaired) electrons. The molecule has 0 amide bonds. The maximum atomic E-state index is 12.7. The van der Waals surface area contributed by atoms with Gasteiger partial charge in [0.15, 0.2) is 0 Å². The van der Waals surface area contributed by atoms with Crippen molar-refractivity contribution in [2.45, 2.75) is 51.6 Å². The van der Waals surface area contributed by atoms with Crippen molar-refractivity contribution < 1.29 is 9.53 Å². The highest BCUT2D eigenvalue weighted by Crippen LogP contribution is 2.68. The van der Waals surface area contributed by atoms with Crippen LogP contribution < -0.4 is 0 Å². The van der Waals surface area contributed by atoms with Gasteiger partial charge in [0.1, 0.15) is 12.3 Å². The van der Waals surface area contributed by atoms with Crippen molar-refractivity contribution in [2.24, 2.45) is 5.41 Å². The summed E-state index contributed by atoms with van der Waals surface area (Å²) in [6.07, 6.45) is 2.26. The number of carbonyl (C=O) groups excluding carboxylic acids is 1. The summed E-state index contributed by atoms with van der Waals surface area (Å²) in [5, 5.41) is 5.70. The van der Waals surface area contributed by atoms with Crippen LogP contribution in [0.1, 0.15) is 66.8 Å². The van der Waals surface area contributed by atoms with Gasteiger partial charge in [0, 0.05) is 16.0 Å². The van der Waals surface area contributed by atoms with Crippen LogP contribution in [0.25, 0.3) is 5.69 Å². The normalized spacial score (nSPS) is 23.1. The minimum atomic E-state index is -0.474. The number of aromatic nitrogens is 2. The molecule has 160 valence electrons. The Labute approximate surface area is 192 Å². The second kappa shape index (κ2) is 7.11. The van der Waals surface area contributed by atoms with Gasteiger partial charge in [0.05, 0.1) is 22.0 Å². The van der Waals surface area contributed by atoms with E-state index in [2.05, 4.69) is 37.6 Å². The summed E-state index contributed by atoms with van der Waals surface area (Å²) < 4.78 is 7.74. The van der Waals surface area contributed by atoms with Gasteiger partial charge < -0.3 is 4.74 Å². The van der Waals surface area contributed by atoms with Crippen molar-refractivity contribution in [1.82, 2.24) is 9.78 Å². The molecule has 2 aliphatic carbocycles. The number of halogens is 2. The van der Waals surface area contributed by atoms with Crippen LogP contribution >= 0.6 is 23.2 Å². The SMILES string of the molecule is CC1(C)[C@@H]2CC[C@@]1(C)c1c2c(COC(=O)c2ccc(Cl)cc2Cl)nn1-c1ccccc1. The molecule has 0 aliphatic heterocycles. The first-order chi connectivity index (χ1) is 14.7. The number of carbonyl (C=O) groups is 1. The number of hydrogen-bond donors (Lipinski definition) is 0. The van der Waals surface area contributed by atoms with Gasteiger partial charge in [0.25, 0.3) is 0 Å². The van der Waals surface area contributed by atoms with Gasteiger partial charge in [-0.2, -0.15) is 5.10 Å². The number of hydrogen-bond acceptors (Lipinski definition) is 3. The van der Waals surface area contributed by atoms with E-state index in [1.165, 1.54) is 11.3 Å². The summed E-state index contributed by atoms with van der Waals surface area (Å²) in [5.41, 5.74) is 4.82. The van der Waals surface area contributed by atoms with E-state index in [4.69, 9.17) is 33.0 Å². The molecule has 31 heavy (non-hydrogen) atoms. The van der Waals surface area contributed by atoms with Crippen LogP contribution in [-0.4, -0.2) is 15.7 Å². The van der Waals surface area contributed by atoms with E-state index in [-0.39, 0.29) is 22.5 Å². The summed E-state index contributed by atoms with van der Waals surface area (Å²) in [6, 6.07) is 14.9. The van der Waals surface area contributed by atoms with E-state index in [1.807, 2.05) is 18.2 Å². The van der Waals surface area contributed by atoms with Gasteiger partial charge in [-0.1, -0.05) is 62.2 Å². The second-order valence-corrected chi connectivity index (χ2v) is 10.1. The highest BCUT2D eigenvalue weighted by atomic mass is 35.5. The Balaban J connectivity index is 1.53. The average Bonchev–Trinajstić information content (AvgIpc) is 3.28. The summed E-state index contributed by atoms with van der Waals surface area (Å²) >= 11 is 12.1. The first kappa shape index (κ1) is 20.6. The Morgan fingerprint density at radius 1 is 1.16 bits per heavy atom. The molecule has 6 heteroatoms. The number of nitrogens with zero attached hydrogens (tertiary/aromatic N) is 2. The van der Waals surface area contributed by atoms with Crippen LogP contribution in [0, 0.1) is 5.41 Å². The summed E-state index contributed by atoms with van der Waals surface area (Å²) in [4.78, 5) is 12.7. The van der Waals surface area contributed by atoms with Crippen molar-refractivity contribution in [3.05, 3.63) is 81.1 Å². The van der Waals surface area contributed by atoms with Crippen molar-refractivity contribution in [3.8, 4) is 5.69 Å². The largest absolute Gasteiger partial charge is 0.455 e. The Morgan fingerprint density at radius 2 is 1.90 bits per heavy atom. The number of esters is 1. The van der Waals surface area contributed by atoms with E-state index >= 15 is 0 Å². The number of ether oxygens (including phenoxy) is 1. The molecule has 1 fully saturated rings. The molecule has 0 saturated heterocycles. The first-order valence-electron chi connectivity index (χ1n) is 10.5. The van der Waals surface area contributed by atoms with Crippen LogP contribution in [0.5, 0.6) is 0 Å². The predicted octanol–water partition coefficient (Wildman–Crippen LogP) is 6.71. The van der Waals surface area contributed by atoms with Crippen LogP contribution in [0.15, 0.2) is 48.5 Å². The molecular weight excluding hydrogens is 431 g/mol. The smallest absolute Gasteiger partial charge is 0.340 e. The molecule has 2 bridgehead atoms. The van der Waals surface area contributed by atoms with Gasteiger partial charge in [-0.3, -0.25) is 0 Å². The first-order valence-corrected chi connectivity index (χ1v) is 11.3. The maximum absolute atomic E-state index is 12.7. The van der Waals surface area contributed by atoms with E-state index in [9.17, 15) is 4.79 Å². The lowest BCUT2D eigenvalue weighted by molar-refractivity contribution is 0.0465. The molecule has 1 saturated carbocycles. The van der Waals surface area contributed by atoms with Gasteiger partial charge in [-0.25, -0.2) is 9.48 Å². The lowest BCUT2D eigenvalue weighted by atomic mass is 9.70. The van der Waals surface area contributed by atoms with Gasteiger partial charge >= 0.3 is 5.97 Å². The Kier molecular flexibility index (Phi) is 4.72. The number of benzene rings is 2. The molecular formula is C25H24Cl2N2O2. The average molecular weight is 455 g/mol. The zero-order chi connectivity index (χ0) is 22.0. The van der Waals surface area contributed by atoms with Gasteiger partial charge in [-0.05, 0) is 54.5 Å². The fourth-order valence-electron chi connectivity index (χ4n) is 5.53. The highest BCUT2D eigenvalue weighted by molar-refractivity contribution is 6.36. The van der Waals surface area contributed by atoms with Crippen molar-refractivity contribution in [3.63, 3.8) is 0 Å². The number of rotatable bonds is 4. The van der Waals surface area contributed by atoms with E-state index in [0.717, 1.165) is 24.2 Å². The minimum Gasteiger partial charge on any atom is -0.455 e. The molecule has 0 N–H and O–H groups in total. The third-order valence-corrected chi connectivity index (χ3v) is 8.14. The van der Waals surface area contributed by atoms with Gasteiger partial charge in [-0.15, -0.1) is 0 Å². The van der Waals surface area contributed by atoms with Gasteiger partial charge in [0.2, 0.25) is 0 Å². The topological polar surface area (TPSA) is 44.1 Å². The lowest BCUT2D eigenvalue weighted by Gasteiger charge is -2.35. The summed E-state index contributed by atoms with van der Waals surface area (Å²) in [5.74, 6) is -0.0731. The molecule has 2 aromatic carbocycles. The minimum absolute atomic E-state index is 0.0254. The Bertz CT molecular complexity index is 1190. The molecule has 1 aromatic heterocycles. The summed E-state index contributed by atoms with van der Waals surface area (Å²) in [7, 11) is 0. The fourth-order valence-corrected chi connectivity index (χ4v) is 6.02. The molecule has 0 unspecified atom stereocenters. The predicted molar refractivity (Wildman–Crippen MR) is 122 cm³/mol. The van der Waals surface area contributed by atoms with Crippen LogP contribution in [0.3, 0.4) is 0 Å². The zero-order valence-electron chi connectivity index (χ0n) is 17.8. The van der Waals surface area contributed by atoms with Crippen LogP contribution in [0.4, 0.5) is 0 Å². The molecule has 2 aliphatic rings.